The molecule has 2 heterocycles. The third-order valence-electron chi connectivity index (χ3n) is 4.45. The quantitative estimate of drug-likeness (QED) is 0.729. The van der Waals surface area contributed by atoms with Crippen molar-refractivity contribution < 1.29 is 14.7 Å². The highest BCUT2D eigenvalue weighted by Gasteiger charge is 2.30. The minimum Gasteiger partial charge on any atom is -0.481 e. The normalized spacial score (nSPS) is 23.2. The number of carboxylic acid groups (broad SMARTS) is 1. The molecular formula is C15H27N3O3. The van der Waals surface area contributed by atoms with E-state index in [4.69, 9.17) is 5.11 Å². The molecule has 0 spiro atoms. The van der Waals surface area contributed by atoms with Crippen molar-refractivity contribution >= 4 is 12.0 Å². The Morgan fingerprint density at radius 3 is 2.57 bits per heavy atom. The maximum atomic E-state index is 12.1. The summed E-state index contributed by atoms with van der Waals surface area (Å²) in [7, 11) is 0. The Morgan fingerprint density at radius 1 is 1.10 bits per heavy atom. The number of hydrogen-bond donors (Lipinski definition) is 2. The Morgan fingerprint density at radius 2 is 1.86 bits per heavy atom. The fourth-order valence-corrected chi connectivity index (χ4v) is 3.22. The van der Waals surface area contributed by atoms with Gasteiger partial charge in [-0.15, -0.1) is 0 Å². The molecule has 2 aliphatic heterocycles. The van der Waals surface area contributed by atoms with Crippen LogP contribution >= 0.6 is 0 Å². The molecule has 2 saturated heterocycles. The number of nitrogens with zero attached hydrogens (tertiary/aromatic N) is 2. The lowest BCUT2D eigenvalue weighted by atomic mass is 10.1. The Bertz CT molecular complexity index is 356. The smallest absolute Gasteiger partial charge is 0.317 e. The van der Waals surface area contributed by atoms with Crippen LogP contribution in [0.2, 0.25) is 0 Å². The molecule has 2 rings (SSSR count). The van der Waals surface area contributed by atoms with E-state index >= 15 is 0 Å². The van der Waals surface area contributed by atoms with Crippen molar-refractivity contribution in [2.75, 3.05) is 32.7 Å². The van der Waals surface area contributed by atoms with Gasteiger partial charge in [0, 0.05) is 32.1 Å². The molecule has 2 amide bonds. The molecule has 0 saturated carbocycles. The summed E-state index contributed by atoms with van der Waals surface area (Å²) in [5, 5.41) is 11.4. The maximum absolute atomic E-state index is 12.1. The predicted molar refractivity (Wildman–Crippen MR) is 80.3 cm³/mol. The van der Waals surface area contributed by atoms with Crippen molar-refractivity contribution in [3.05, 3.63) is 0 Å². The molecule has 0 bridgehead atoms. The number of amides is 2. The van der Waals surface area contributed by atoms with Crippen LogP contribution in [-0.2, 0) is 4.79 Å². The molecule has 0 aromatic carbocycles. The van der Waals surface area contributed by atoms with Gasteiger partial charge in [0.2, 0.25) is 0 Å². The first-order chi connectivity index (χ1) is 10.2. The molecule has 1 unspecified atom stereocenters. The van der Waals surface area contributed by atoms with Gasteiger partial charge in [0.25, 0.3) is 0 Å². The van der Waals surface area contributed by atoms with E-state index in [2.05, 4.69) is 10.2 Å². The van der Waals surface area contributed by atoms with Crippen LogP contribution < -0.4 is 5.32 Å². The van der Waals surface area contributed by atoms with E-state index < -0.39 is 5.97 Å². The summed E-state index contributed by atoms with van der Waals surface area (Å²) in [6.07, 6.45) is 6.50. The molecule has 0 radical (unpaired) electrons. The summed E-state index contributed by atoms with van der Waals surface area (Å²) >= 11 is 0. The van der Waals surface area contributed by atoms with Gasteiger partial charge in [-0.2, -0.15) is 0 Å². The Kier molecular flexibility index (Phi) is 6.29. The first-order valence-corrected chi connectivity index (χ1v) is 8.15. The van der Waals surface area contributed by atoms with Crippen molar-refractivity contribution in [1.29, 1.82) is 0 Å². The number of carboxylic acids is 1. The van der Waals surface area contributed by atoms with E-state index in [0.717, 1.165) is 25.9 Å². The van der Waals surface area contributed by atoms with Crippen LogP contribution in [0.25, 0.3) is 0 Å². The largest absolute Gasteiger partial charge is 0.481 e. The highest BCUT2D eigenvalue weighted by molar-refractivity contribution is 5.74. The molecule has 0 aliphatic carbocycles. The minimum atomic E-state index is -0.773. The predicted octanol–water partition coefficient (Wildman–Crippen LogP) is 1.51. The van der Waals surface area contributed by atoms with Crippen LogP contribution in [-0.4, -0.2) is 65.7 Å². The van der Waals surface area contributed by atoms with Crippen molar-refractivity contribution in [1.82, 2.24) is 15.1 Å². The Balaban J connectivity index is 1.61. The molecule has 0 aromatic rings. The third-order valence-corrected chi connectivity index (χ3v) is 4.45. The molecule has 0 aromatic heterocycles. The maximum Gasteiger partial charge on any atom is 0.317 e. The number of carbonyl (C=O) groups excluding carboxylic acids is 1. The molecule has 21 heavy (non-hydrogen) atoms. The second-order valence-electron chi connectivity index (χ2n) is 6.07. The number of rotatable bonds is 6. The number of aliphatic carboxylic acids is 1. The van der Waals surface area contributed by atoms with Gasteiger partial charge in [0.15, 0.2) is 0 Å². The van der Waals surface area contributed by atoms with Gasteiger partial charge in [-0.1, -0.05) is 6.42 Å². The zero-order chi connectivity index (χ0) is 15.1. The summed E-state index contributed by atoms with van der Waals surface area (Å²) in [5.74, 6) is -0.773. The van der Waals surface area contributed by atoms with Crippen LogP contribution in [0.4, 0.5) is 4.79 Å². The minimum absolute atomic E-state index is 0.00448. The van der Waals surface area contributed by atoms with Gasteiger partial charge in [-0.05, 0) is 45.2 Å². The molecule has 2 aliphatic rings. The Hall–Kier alpha value is -1.30. The summed E-state index contributed by atoms with van der Waals surface area (Å²) in [5.41, 5.74) is 0. The lowest BCUT2D eigenvalue weighted by Crippen LogP contribution is -2.44. The monoisotopic (exact) mass is 297 g/mol. The fraction of sp³-hybridized carbons (Fsp3) is 0.867. The molecule has 6 nitrogen and oxygen atoms in total. The Labute approximate surface area is 126 Å². The highest BCUT2D eigenvalue weighted by atomic mass is 16.4. The first-order valence-electron chi connectivity index (χ1n) is 8.15. The summed E-state index contributed by atoms with van der Waals surface area (Å²) in [4.78, 5) is 26.9. The van der Waals surface area contributed by atoms with Gasteiger partial charge in [0.1, 0.15) is 0 Å². The summed E-state index contributed by atoms with van der Waals surface area (Å²) < 4.78 is 0. The zero-order valence-electron chi connectivity index (χ0n) is 12.7. The van der Waals surface area contributed by atoms with Crippen LogP contribution in [0.5, 0.6) is 0 Å². The zero-order valence-corrected chi connectivity index (χ0v) is 12.7. The van der Waals surface area contributed by atoms with E-state index in [1.807, 2.05) is 4.90 Å². The number of piperidine rings is 1. The van der Waals surface area contributed by atoms with Crippen molar-refractivity contribution in [2.24, 2.45) is 0 Å². The number of hydrogen-bond acceptors (Lipinski definition) is 3. The van der Waals surface area contributed by atoms with Crippen molar-refractivity contribution in [3.63, 3.8) is 0 Å². The number of carbonyl (C=O) groups is 2. The standard InChI is InChI=1S/C15H27N3O3/c19-14(20)6-2-3-8-16-15(21)18-11-7-13(12-18)17-9-4-1-5-10-17/h13H,1-12H2,(H,16,21)(H,19,20). The molecular weight excluding hydrogens is 270 g/mol. The highest BCUT2D eigenvalue weighted by Crippen LogP contribution is 2.20. The number of urea groups is 1. The van der Waals surface area contributed by atoms with E-state index in [1.54, 1.807) is 0 Å². The lowest BCUT2D eigenvalue weighted by molar-refractivity contribution is -0.137. The van der Waals surface area contributed by atoms with E-state index in [0.29, 0.717) is 19.0 Å². The van der Waals surface area contributed by atoms with Gasteiger partial charge in [-0.25, -0.2) is 4.79 Å². The molecule has 2 fully saturated rings. The molecule has 6 heteroatoms. The van der Waals surface area contributed by atoms with Gasteiger partial charge in [-0.3, -0.25) is 9.69 Å². The fourth-order valence-electron chi connectivity index (χ4n) is 3.22. The van der Waals surface area contributed by atoms with E-state index in [9.17, 15) is 9.59 Å². The topological polar surface area (TPSA) is 72.9 Å². The molecule has 120 valence electrons. The van der Waals surface area contributed by atoms with E-state index in [1.165, 1.54) is 32.4 Å². The van der Waals surface area contributed by atoms with Crippen molar-refractivity contribution in [2.45, 2.75) is 51.0 Å². The van der Waals surface area contributed by atoms with Gasteiger partial charge >= 0.3 is 12.0 Å². The second-order valence-corrected chi connectivity index (χ2v) is 6.07. The van der Waals surface area contributed by atoms with Crippen LogP contribution in [0.15, 0.2) is 0 Å². The van der Waals surface area contributed by atoms with Crippen molar-refractivity contribution in [3.8, 4) is 0 Å². The summed E-state index contributed by atoms with van der Waals surface area (Å²) in [6.45, 7) is 4.59. The lowest BCUT2D eigenvalue weighted by Gasteiger charge is -2.32. The first kappa shape index (κ1) is 16.1. The van der Waals surface area contributed by atoms with Crippen LogP contribution in [0.1, 0.15) is 44.9 Å². The SMILES string of the molecule is O=C(O)CCCCNC(=O)N1CCC(N2CCCCC2)C1. The third kappa shape index (κ3) is 5.19. The average Bonchev–Trinajstić information content (AvgIpc) is 2.97. The van der Waals surface area contributed by atoms with E-state index in [-0.39, 0.29) is 12.5 Å². The van der Waals surface area contributed by atoms with Crippen LogP contribution in [0.3, 0.4) is 0 Å². The van der Waals surface area contributed by atoms with Gasteiger partial charge < -0.3 is 15.3 Å². The van der Waals surface area contributed by atoms with Crippen LogP contribution in [0, 0.1) is 0 Å². The molecule has 1 atom stereocenters. The number of nitrogens with one attached hydrogen (secondary N) is 1. The average molecular weight is 297 g/mol. The summed E-state index contributed by atoms with van der Waals surface area (Å²) in [6, 6.07) is 0.535. The number of unbranched alkanes of at least 4 members (excludes halogenated alkanes) is 1. The molecule has 2 N–H and O–H groups in total. The number of likely N-dealkylation sites (tertiary alicyclic amines) is 2. The second kappa shape index (κ2) is 8.22. The van der Waals surface area contributed by atoms with Gasteiger partial charge in [0.05, 0.1) is 0 Å².